The SMILES string of the molecule is Cc1cc(S(=O)(=O)N(C)c2ccc(N)cc2)sc1Cl. The van der Waals surface area contributed by atoms with Gasteiger partial charge in [0.05, 0.1) is 10.0 Å². The first-order chi connectivity index (χ1) is 8.82. The van der Waals surface area contributed by atoms with Gasteiger partial charge in [0.2, 0.25) is 0 Å². The summed E-state index contributed by atoms with van der Waals surface area (Å²) in [6, 6.07) is 8.22. The topological polar surface area (TPSA) is 63.4 Å². The Morgan fingerprint density at radius 2 is 1.84 bits per heavy atom. The zero-order valence-corrected chi connectivity index (χ0v) is 12.8. The summed E-state index contributed by atoms with van der Waals surface area (Å²) < 4.78 is 26.8. The van der Waals surface area contributed by atoms with E-state index in [2.05, 4.69) is 0 Å². The molecule has 0 aliphatic rings. The van der Waals surface area contributed by atoms with Crippen LogP contribution in [0.1, 0.15) is 5.56 Å². The predicted molar refractivity (Wildman–Crippen MR) is 80.5 cm³/mol. The van der Waals surface area contributed by atoms with Crippen LogP contribution in [0.25, 0.3) is 0 Å². The molecule has 0 spiro atoms. The van der Waals surface area contributed by atoms with Crippen LogP contribution in [-0.2, 0) is 10.0 Å². The smallest absolute Gasteiger partial charge is 0.273 e. The molecular weight excluding hydrogens is 304 g/mol. The highest BCUT2D eigenvalue weighted by molar-refractivity contribution is 7.94. The van der Waals surface area contributed by atoms with Crippen molar-refractivity contribution in [1.82, 2.24) is 0 Å². The average Bonchev–Trinajstić information content (AvgIpc) is 2.70. The molecule has 2 N–H and O–H groups in total. The van der Waals surface area contributed by atoms with Gasteiger partial charge in [-0.2, -0.15) is 0 Å². The fraction of sp³-hybridized carbons (Fsp3) is 0.167. The van der Waals surface area contributed by atoms with E-state index in [-0.39, 0.29) is 4.21 Å². The molecule has 2 aromatic rings. The zero-order valence-electron chi connectivity index (χ0n) is 10.4. The lowest BCUT2D eigenvalue weighted by Gasteiger charge is -2.18. The van der Waals surface area contributed by atoms with Gasteiger partial charge in [0.1, 0.15) is 4.21 Å². The highest BCUT2D eigenvalue weighted by Gasteiger charge is 2.24. The summed E-state index contributed by atoms with van der Waals surface area (Å²) in [6.07, 6.45) is 0. The highest BCUT2D eigenvalue weighted by atomic mass is 35.5. The van der Waals surface area contributed by atoms with Gasteiger partial charge in [-0.3, -0.25) is 4.31 Å². The van der Waals surface area contributed by atoms with Crippen molar-refractivity contribution in [3.05, 3.63) is 40.2 Å². The number of rotatable bonds is 3. The van der Waals surface area contributed by atoms with Crippen LogP contribution < -0.4 is 10.0 Å². The second-order valence-electron chi connectivity index (χ2n) is 4.09. The van der Waals surface area contributed by atoms with E-state index < -0.39 is 10.0 Å². The first-order valence-corrected chi connectivity index (χ1v) is 8.06. The van der Waals surface area contributed by atoms with Gasteiger partial charge < -0.3 is 5.73 Å². The summed E-state index contributed by atoms with van der Waals surface area (Å²) in [7, 11) is -2.08. The summed E-state index contributed by atoms with van der Waals surface area (Å²) in [5.74, 6) is 0. The summed E-state index contributed by atoms with van der Waals surface area (Å²) in [6.45, 7) is 1.78. The van der Waals surface area contributed by atoms with Gasteiger partial charge in [0.25, 0.3) is 10.0 Å². The van der Waals surface area contributed by atoms with E-state index >= 15 is 0 Å². The molecule has 102 valence electrons. The van der Waals surface area contributed by atoms with Gasteiger partial charge in [-0.05, 0) is 42.8 Å². The quantitative estimate of drug-likeness (QED) is 0.885. The molecule has 0 aliphatic heterocycles. The minimum atomic E-state index is -3.58. The molecule has 1 aromatic carbocycles. The van der Waals surface area contributed by atoms with E-state index in [0.29, 0.717) is 15.7 Å². The second kappa shape index (κ2) is 5.03. The normalized spacial score (nSPS) is 11.5. The molecule has 1 heterocycles. The van der Waals surface area contributed by atoms with E-state index in [0.717, 1.165) is 16.9 Å². The number of nitrogen functional groups attached to an aromatic ring is 1. The molecule has 0 fully saturated rings. The van der Waals surface area contributed by atoms with Gasteiger partial charge in [-0.15, -0.1) is 11.3 Å². The summed E-state index contributed by atoms with van der Waals surface area (Å²) in [5.41, 5.74) is 7.49. The number of anilines is 2. The summed E-state index contributed by atoms with van der Waals surface area (Å²) in [5, 5.41) is 0. The summed E-state index contributed by atoms with van der Waals surface area (Å²) in [4.78, 5) is 0. The maximum absolute atomic E-state index is 12.4. The van der Waals surface area contributed by atoms with Crippen molar-refractivity contribution in [2.45, 2.75) is 11.1 Å². The van der Waals surface area contributed by atoms with E-state index in [1.54, 1.807) is 37.3 Å². The minimum absolute atomic E-state index is 0.231. The Hall–Kier alpha value is -1.24. The van der Waals surface area contributed by atoms with Crippen molar-refractivity contribution in [3.63, 3.8) is 0 Å². The Morgan fingerprint density at radius 3 is 2.32 bits per heavy atom. The number of sulfonamides is 1. The second-order valence-corrected chi connectivity index (χ2v) is 7.94. The molecule has 4 nitrogen and oxygen atoms in total. The van der Waals surface area contributed by atoms with Crippen molar-refractivity contribution in [3.8, 4) is 0 Å². The Morgan fingerprint density at radius 1 is 1.26 bits per heavy atom. The first kappa shape index (κ1) is 14.2. The standard InChI is InChI=1S/C12H13ClN2O2S2/c1-8-7-11(18-12(8)13)19(16,17)15(2)10-5-3-9(14)4-6-10/h3-7H,14H2,1-2H3. The highest BCUT2D eigenvalue weighted by Crippen LogP contribution is 2.33. The Balaban J connectivity index is 2.41. The van der Waals surface area contributed by atoms with Crippen molar-refractivity contribution in [2.24, 2.45) is 0 Å². The van der Waals surface area contributed by atoms with Crippen molar-refractivity contribution in [2.75, 3.05) is 17.1 Å². The molecule has 0 saturated heterocycles. The van der Waals surface area contributed by atoms with Crippen molar-refractivity contribution < 1.29 is 8.42 Å². The van der Waals surface area contributed by atoms with Gasteiger partial charge in [0, 0.05) is 12.7 Å². The molecule has 0 unspecified atom stereocenters. The molecule has 0 amide bonds. The Labute approximate surface area is 121 Å². The van der Waals surface area contributed by atoms with Crippen LogP contribution in [0.5, 0.6) is 0 Å². The zero-order chi connectivity index (χ0) is 14.2. The molecule has 0 radical (unpaired) electrons. The van der Waals surface area contributed by atoms with Crippen LogP contribution in [-0.4, -0.2) is 15.5 Å². The third-order valence-electron chi connectivity index (χ3n) is 2.71. The van der Waals surface area contributed by atoms with E-state index in [1.807, 2.05) is 0 Å². The minimum Gasteiger partial charge on any atom is -0.399 e. The number of halogens is 1. The van der Waals surface area contributed by atoms with Crippen LogP contribution in [0.2, 0.25) is 4.34 Å². The van der Waals surface area contributed by atoms with E-state index in [1.165, 1.54) is 11.4 Å². The van der Waals surface area contributed by atoms with Crippen LogP contribution >= 0.6 is 22.9 Å². The van der Waals surface area contributed by atoms with Crippen LogP contribution in [0.4, 0.5) is 11.4 Å². The molecule has 0 aliphatic carbocycles. The van der Waals surface area contributed by atoms with Gasteiger partial charge >= 0.3 is 0 Å². The molecule has 0 bridgehead atoms. The van der Waals surface area contributed by atoms with Gasteiger partial charge in [-0.1, -0.05) is 11.6 Å². The number of nitrogens with zero attached hydrogens (tertiary/aromatic N) is 1. The van der Waals surface area contributed by atoms with Gasteiger partial charge in [-0.25, -0.2) is 8.42 Å². The maximum Gasteiger partial charge on any atom is 0.273 e. The number of hydrogen-bond acceptors (Lipinski definition) is 4. The Kier molecular flexibility index (Phi) is 3.75. The molecule has 2 rings (SSSR count). The molecule has 1 aromatic heterocycles. The summed E-state index contributed by atoms with van der Waals surface area (Å²) >= 11 is 6.98. The molecular formula is C12H13ClN2O2S2. The molecule has 19 heavy (non-hydrogen) atoms. The van der Waals surface area contributed by atoms with Gasteiger partial charge in [0.15, 0.2) is 0 Å². The number of benzene rings is 1. The fourth-order valence-electron chi connectivity index (χ4n) is 1.52. The fourth-order valence-corrected chi connectivity index (χ4v) is 4.59. The molecule has 0 saturated carbocycles. The third kappa shape index (κ3) is 2.70. The molecule has 0 atom stereocenters. The van der Waals surface area contributed by atoms with Crippen LogP contribution in [0, 0.1) is 6.92 Å². The predicted octanol–water partition coefficient (Wildman–Crippen LogP) is 3.12. The maximum atomic E-state index is 12.4. The van der Waals surface area contributed by atoms with Crippen LogP contribution in [0.3, 0.4) is 0 Å². The lowest BCUT2D eigenvalue weighted by molar-refractivity contribution is 0.596. The number of thiophene rings is 1. The average molecular weight is 317 g/mol. The number of nitrogens with two attached hydrogens (primary N) is 1. The van der Waals surface area contributed by atoms with E-state index in [4.69, 9.17) is 17.3 Å². The monoisotopic (exact) mass is 316 g/mol. The lowest BCUT2D eigenvalue weighted by Crippen LogP contribution is -2.25. The number of aryl methyl sites for hydroxylation is 1. The number of hydrogen-bond donors (Lipinski definition) is 1. The largest absolute Gasteiger partial charge is 0.399 e. The van der Waals surface area contributed by atoms with E-state index in [9.17, 15) is 8.42 Å². The van der Waals surface area contributed by atoms with Crippen molar-refractivity contribution >= 4 is 44.3 Å². The first-order valence-electron chi connectivity index (χ1n) is 5.43. The van der Waals surface area contributed by atoms with Crippen LogP contribution in [0.15, 0.2) is 34.5 Å². The lowest BCUT2D eigenvalue weighted by atomic mass is 10.3. The Bertz CT molecular complexity index is 674. The third-order valence-corrected chi connectivity index (χ3v) is 6.50. The van der Waals surface area contributed by atoms with Crippen molar-refractivity contribution in [1.29, 1.82) is 0 Å². The molecule has 7 heteroatoms.